The zero-order valence-corrected chi connectivity index (χ0v) is 11.8. The molecule has 2 rings (SSSR count). The number of halogens is 1. The maximum atomic E-state index is 10.7. The fourth-order valence-corrected chi connectivity index (χ4v) is 2.35. The highest BCUT2D eigenvalue weighted by molar-refractivity contribution is 6.30. The summed E-state index contributed by atoms with van der Waals surface area (Å²) in [6.07, 6.45) is 0.445. The van der Waals surface area contributed by atoms with Gasteiger partial charge in [-0.2, -0.15) is 0 Å². The van der Waals surface area contributed by atoms with Crippen molar-refractivity contribution in [2.45, 2.75) is 18.9 Å². The van der Waals surface area contributed by atoms with Gasteiger partial charge in [0.15, 0.2) is 0 Å². The van der Waals surface area contributed by atoms with Gasteiger partial charge in [-0.1, -0.05) is 41.9 Å². The number of rotatable bonds is 4. The van der Waals surface area contributed by atoms with Gasteiger partial charge in [-0.05, 0) is 36.2 Å². The molecule has 0 saturated heterocycles. The van der Waals surface area contributed by atoms with E-state index < -0.39 is 5.60 Å². The molecule has 3 heteroatoms. The van der Waals surface area contributed by atoms with Gasteiger partial charge in [0.05, 0.1) is 12.7 Å². The van der Waals surface area contributed by atoms with Crippen LogP contribution in [-0.4, -0.2) is 12.2 Å². The second kappa shape index (κ2) is 5.64. The summed E-state index contributed by atoms with van der Waals surface area (Å²) in [5.74, 6) is 0.737. The van der Waals surface area contributed by atoms with Gasteiger partial charge in [0, 0.05) is 11.4 Å². The lowest BCUT2D eigenvalue weighted by molar-refractivity contribution is 0.0570. The summed E-state index contributed by atoms with van der Waals surface area (Å²) in [4.78, 5) is 0. The molecule has 0 aliphatic heterocycles. The van der Waals surface area contributed by atoms with Crippen molar-refractivity contribution >= 4 is 11.6 Å². The van der Waals surface area contributed by atoms with Crippen molar-refractivity contribution in [3.63, 3.8) is 0 Å². The Kier molecular flexibility index (Phi) is 4.13. The van der Waals surface area contributed by atoms with Gasteiger partial charge in [0.25, 0.3) is 0 Å². The second-order valence-electron chi connectivity index (χ2n) is 4.77. The molecule has 19 heavy (non-hydrogen) atoms. The van der Waals surface area contributed by atoms with E-state index in [9.17, 15) is 5.11 Å². The Morgan fingerprint density at radius 2 is 1.84 bits per heavy atom. The third-order valence-corrected chi connectivity index (χ3v) is 3.41. The molecule has 2 nitrogen and oxygen atoms in total. The van der Waals surface area contributed by atoms with Crippen LogP contribution in [0, 0.1) is 0 Å². The van der Waals surface area contributed by atoms with Gasteiger partial charge in [0.2, 0.25) is 0 Å². The molecule has 2 aromatic rings. The summed E-state index contributed by atoms with van der Waals surface area (Å²) < 4.78 is 5.31. The zero-order chi connectivity index (χ0) is 13.9. The van der Waals surface area contributed by atoms with Crippen LogP contribution in [-0.2, 0) is 12.0 Å². The van der Waals surface area contributed by atoms with E-state index in [0.29, 0.717) is 11.4 Å². The van der Waals surface area contributed by atoms with Crippen LogP contribution in [0.1, 0.15) is 18.1 Å². The van der Waals surface area contributed by atoms with Crippen LogP contribution in [0.25, 0.3) is 0 Å². The molecule has 1 N–H and O–H groups in total. The minimum atomic E-state index is -0.959. The Labute approximate surface area is 118 Å². The Bertz CT molecular complexity index is 550. The standard InChI is InChI=1S/C16H17ClO2/c1-16(18,13-6-4-3-5-7-13)11-12-10-14(17)8-9-15(12)19-2/h3-10,18H,11H2,1-2H3. The lowest BCUT2D eigenvalue weighted by atomic mass is 9.89. The monoisotopic (exact) mass is 276 g/mol. The summed E-state index contributed by atoms with van der Waals surface area (Å²) >= 11 is 6.01. The average Bonchev–Trinajstić information content (AvgIpc) is 2.39. The highest BCUT2D eigenvalue weighted by Crippen LogP contribution is 2.31. The molecule has 0 aliphatic rings. The van der Waals surface area contributed by atoms with Crippen molar-refractivity contribution in [3.8, 4) is 5.75 Å². The van der Waals surface area contributed by atoms with Crippen LogP contribution in [0.15, 0.2) is 48.5 Å². The highest BCUT2D eigenvalue weighted by Gasteiger charge is 2.24. The maximum absolute atomic E-state index is 10.7. The third kappa shape index (κ3) is 3.28. The van der Waals surface area contributed by atoms with Crippen LogP contribution in [0.2, 0.25) is 5.02 Å². The van der Waals surface area contributed by atoms with Gasteiger partial charge in [-0.3, -0.25) is 0 Å². The van der Waals surface area contributed by atoms with Crippen LogP contribution < -0.4 is 4.74 Å². The molecule has 100 valence electrons. The van der Waals surface area contributed by atoms with Crippen molar-refractivity contribution in [2.75, 3.05) is 7.11 Å². The quantitative estimate of drug-likeness (QED) is 0.920. The predicted octanol–water partition coefficient (Wildman–Crippen LogP) is 3.80. The normalized spacial score (nSPS) is 13.9. The van der Waals surface area contributed by atoms with Crippen LogP contribution >= 0.6 is 11.6 Å². The molecule has 0 saturated carbocycles. The van der Waals surface area contributed by atoms with Crippen LogP contribution in [0.5, 0.6) is 5.75 Å². The number of hydrogen-bond donors (Lipinski definition) is 1. The predicted molar refractivity (Wildman–Crippen MR) is 77.7 cm³/mol. The van der Waals surface area contributed by atoms with Crippen LogP contribution in [0.3, 0.4) is 0 Å². The Morgan fingerprint density at radius 1 is 1.16 bits per heavy atom. The first-order chi connectivity index (χ1) is 9.03. The zero-order valence-electron chi connectivity index (χ0n) is 11.1. The minimum absolute atomic E-state index is 0.445. The number of ether oxygens (including phenoxy) is 1. The molecule has 0 aromatic heterocycles. The summed E-state index contributed by atoms with van der Waals surface area (Å²) in [6, 6.07) is 15.0. The number of benzene rings is 2. The summed E-state index contributed by atoms with van der Waals surface area (Å²) in [7, 11) is 1.62. The van der Waals surface area contributed by atoms with E-state index in [2.05, 4.69) is 0 Å². The van der Waals surface area contributed by atoms with Gasteiger partial charge >= 0.3 is 0 Å². The van der Waals surface area contributed by atoms with E-state index in [-0.39, 0.29) is 0 Å². The van der Waals surface area contributed by atoms with Gasteiger partial charge in [0.1, 0.15) is 5.75 Å². The molecule has 0 amide bonds. The largest absolute Gasteiger partial charge is 0.496 e. The smallest absolute Gasteiger partial charge is 0.122 e. The molecule has 0 fully saturated rings. The Morgan fingerprint density at radius 3 is 2.47 bits per heavy atom. The molecule has 0 heterocycles. The molecule has 0 aliphatic carbocycles. The Balaban J connectivity index is 2.32. The molecule has 0 radical (unpaired) electrons. The van der Waals surface area contributed by atoms with Crippen molar-refractivity contribution in [3.05, 3.63) is 64.7 Å². The van der Waals surface area contributed by atoms with E-state index in [1.54, 1.807) is 20.1 Å². The molecule has 0 bridgehead atoms. The van der Waals surface area contributed by atoms with Gasteiger partial charge in [-0.25, -0.2) is 0 Å². The van der Waals surface area contributed by atoms with E-state index in [4.69, 9.17) is 16.3 Å². The van der Waals surface area contributed by atoms with E-state index in [1.807, 2.05) is 42.5 Å². The summed E-state index contributed by atoms with van der Waals surface area (Å²) in [5.41, 5.74) is 0.806. The highest BCUT2D eigenvalue weighted by atomic mass is 35.5. The molecule has 1 atom stereocenters. The second-order valence-corrected chi connectivity index (χ2v) is 5.21. The fraction of sp³-hybridized carbons (Fsp3) is 0.250. The first-order valence-corrected chi connectivity index (χ1v) is 6.51. The summed E-state index contributed by atoms with van der Waals surface area (Å²) in [6.45, 7) is 1.79. The van der Waals surface area contributed by atoms with Crippen LogP contribution in [0.4, 0.5) is 0 Å². The van der Waals surface area contributed by atoms with E-state index in [0.717, 1.165) is 16.9 Å². The topological polar surface area (TPSA) is 29.5 Å². The van der Waals surface area contributed by atoms with Gasteiger partial charge < -0.3 is 9.84 Å². The number of aliphatic hydroxyl groups is 1. The number of hydrogen-bond acceptors (Lipinski definition) is 2. The Hall–Kier alpha value is -1.51. The SMILES string of the molecule is COc1ccc(Cl)cc1CC(C)(O)c1ccccc1. The molecular formula is C16H17ClO2. The van der Waals surface area contributed by atoms with E-state index >= 15 is 0 Å². The minimum Gasteiger partial charge on any atom is -0.496 e. The average molecular weight is 277 g/mol. The van der Waals surface area contributed by atoms with Crippen molar-refractivity contribution in [1.82, 2.24) is 0 Å². The molecule has 0 spiro atoms. The molecular weight excluding hydrogens is 260 g/mol. The molecule has 1 unspecified atom stereocenters. The van der Waals surface area contributed by atoms with Crippen molar-refractivity contribution in [1.29, 1.82) is 0 Å². The fourth-order valence-electron chi connectivity index (χ4n) is 2.16. The van der Waals surface area contributed by atoms with Crippen molar-refractivity contribution in [2.24, 2.45) is 0 Å². The third-order valence-electron chi connectivity index (χ3n) is 3.17. The maximum Gasteiger partial charge on any atom is 0.122 e. The molecule has 2 aromatic carbocycles. The number of methoxy groups -OCH3 is 1. The van der Waals surface area contributed by atoms with Crippen molar-refractivity contribution < 1.29 is 9.84 Å². The lowest BCUT2D eigenvalue weighted by Crippen LogP contribution is -2.24. The lowest BCUT2D eigenvalue weighted by Gasteiger charge is -2.25. The summed E-state index contributed by atoms with van der Waals surface area (Å²) in [5, 5.41) is 11.3. The first kappa shape index (κ1) is 13.9. The first-order valence-electron chi connectivity index (χ1n) is 6.13. The van der Waals surface area contributed by atoms with Gasteiger partial charge in [-0.15, -0.1) is 0 Å². The van der Waals surface area contributed by atoms with E-state index in [1.165, 1.54) is 0 Å².